The zero-order chi connectivity index (χ0) is 13.7. The lowest BCUT2D eigenvalue weighted by atomic mass is 10.2. The normalized spacial score (nSPS) is 10.2. The van der Waals surface area contributed by atoms with Crippen LogP contribution in [0.25, 0.3) is 0 Å². The maximum absolute atomic E-state index is 11.9. The van der Waals surface area contributed by atoms with Gasteiger partial charge in [-0.3, -0.25) is 14.8 Å². The molecule has 0 aromatic carbocycles. The molecule has 2 rings (SSSR count). The molecule has 0 atom stereocenters. The van der Waals surface area contributed by atoms with E-state index in [1.807, 2.05) is 19.1 Å². The van der Waals surface area contributed by atoms with Gasteiger partial charge in [0.25, 0.3) is 5.91 Å². The molecule has 4 nitrogen and oxygen atoms in total. The first-order valence-corrected chi connectivity index (χ1v) is 6.34. The molecule has 19 heavy (non-hydrogen) atoms. The Kier molecular flexibility index (Phi) is 4.47. The van der Waals surface area contributed by atoms with Crippen molar-refractivity contribution in [1.29, 1.82) is 0 Å². The summed E-state index contributed by atoms with van der Waals surface area (Å²) in [6.45, 7) is 2.37. The Balaban J connectivity index is 1.91. The fourth-order valence-corrected chi connectivity index (χ4v) is 1.95. The number of aryl methyl sites for hydroxylation is 1. The lowest BCUT2D eigenvalue weighted by molar-refractivity contribution is 0.0954. The van der Waals surface area contributed by atoms with Crippen molar-refractivity contribution in [3.63, 3.8) is 0 Å². The Morgan fingerprint density at radius 3 is 2.95 bits per heavy atom. The number of nitrogens with one attached hydrogen (secondary N) is 1. The van der Waals surface area contributed by atoms with Crippen LogP contribution in [0.4, 0.5) is 0 Å². The molecule has 98 valence electrons. The summed E-state index contributed by atoms with van der Waals surface area (Å²) in [5.74, 6) is -0.207. The number of carbonyl (C=O) groups is 1. The van der Waals surface area contributed by atoms with Crippen molar-refractivity contribution in [2.45, 2.75) is 13.3 Å². The Bertz CT molecular complexity index is 572. The molecule has 0 aliphatic heterocycles. The van der Waals surface area contributed by atoms with E-state index in [9.17, 15) is 4.79 Å². The van der Waals surface area contributed by atoms with Gasteiger partial charge in [0.05, 0.1) is 10.6 Å². The van der Waals surface area contributed by atoms with Crippen molar-refractivity contribution in [2.75, 3.05) is 6.54 Å². The van der Waals surface area contributed by atoms with Crippen LogP contribution in [0.15, 0.2) is 36.8 Å². The van der Waals surface area contributed by atoms with Gasteiger partial charge in [-0.1, -0.05) is 17.7 Å². The first kappa shape index (κ1) is 13.5. The van der Waals surface area contributed by atoms with Gasteiger partial charge in [-0.15, -0.1) is 0 Å². The molecule has 0 spiro atoms. The van der Waals surface area contributed by atoms with Crippen LogP contribution in [0.5, 0.6) is 0 Å². The number of rotatable bonds is 4. The second-order valence-electron chi connectivity index (χ2n) is 4.17. The number of hydrogen-bond acceptors (Lipinski definition) is 3. The van der Waals surface area contributed by atoms with Gasteiger partial charge >= 0.3 is 0 Å². The van der Waals surface area contributed by atoms with Crippen LogP contribution in [0.3, 0.4) is 0 Å². The summed E-state index contributed by atoms with van der Waals surface area (Å²) in [7, 11) is 0. The minimum atomic E-state index is -0.207. The summed E-state index contributed by atoms with van der Waals surface area (Å²) >= 11 is 6.01. The van der Waals surface area contributed by atoms with Crippen molar-refractivity contribution < 1.29 is 4.79 Å². The number of halogens is 1. The second kappa shape index (κ2) is 6.29. The zero-order valence-electron chi connectivity index (χ0n) is 10.6. The summed E-state index contributed by atoms with van der Waals surface area (Å²) in [4.78, 5) is 20.0. The zero-order valence-corrected chi connectivity index (χ0v) is 11.3. The lowest BCUT2D eigenvalue weighted by Crippen LogP contribution is -2.26. The summed E-state index contributed by atoms with van der Waals surface area (Å²) in [6.07, 6.45) is 5.74. The van der Waals surface area contributed by atoms with E-state index >= 15 is 0 Å². The minimum Gasteiger partial charge on any atom is -0.352 e. The fraction of sp³-hybridized carbons (Fsp3) is 0.214. The number of amides is 1. The van der Waals surface area contributed by atoms with Crippen LogP contribution in [-0.2, 0) is 6.42 Å². The highest BCUT2D eigenvalue weighted by Gasteiger charge is 2.10. The Labute approximate surface area is 116 Å². The number of hydrogen-bond donors (Lipinski definition) is 1. The van der Waals surface area contributed by atoms with Crippen molar-refractivity contribution in [2.24, 2.45) is 0 Å². The summed E-state index contributed by atoms with van der Waals surface area (Å²) < 4.78 is 0. The molecule has 0 unspecified atom stereocenters. The quantitative estimate of drug-likeness (QED) is 0.932. The van der Waals surface area contributed by atoms with Crippen LogP contribution in [-0.4, -0.2) is 22.4 Å². The smallest absolute Gasteiger partial charge is 0.254 e. The fourth-order valence-electron chi connectivity index (χ4n) is 1.66. The van der Waals surface area contributed by atoms with Gasteiger partial charge in [0.2, 0.25) is 0 Å². The van der Waals surface area contributed by atoms with Gasteiger partial charge in [0.1, 0.15) is 0 Å². The van der Waals surface area contributed by atoms with Gasteiger partial charge < -0.3 is 5.32 Å². The molecule has 0 bridgehead atoms. The number of nitrogens with zero attached hydrogens (tertiary/aromatic N) is 2. The molecule has 0 aliphatic rings. The average molecular weight is 276 g/mol. The number of carbonyl (C=O) groups excluding carboxylic acids is 1. The van der Waals surface area contributed by atoms with Crippen molar-refractivity contribution >= 4 is 17.5 Å². The van der Waals surface area contributed by atoms with E-state index in [0.29, 0.717) is 17.1 Å². The molecule has 5 heteroatoms. The predicted molar refractivity (Wildman–Crippen MR) is 74.3 cm³/mol. The van der Waals surface area contributed by atoms with E-state index in [1.165, 1.54) is 6.20 Å². The molecule has 1 N–H and O–H groups in total. The highest BCUT2D eigenvalue weighted by atomic mass is 35.5. The summed E-state index contributed by atoms with van der Waals surface area (Å²) in [5.41, 5.74) is 2.27. The first-order valence-electron chi connectivity index (χ1n) is 5.96. The molecule has 0 aliphatic carbocycles. The molecule has 2 aromatic rings. The predicted octanol–water partition coefficient (Wildman–Crippen LogP) is 2.41. The van der Waals surface area contributed by atoms with E-state index < -0.39 is 0 Å². The monoisotopic (exact) mass is 275 g/mol. The minimum absolute atomic E-state index is 0.207. The van der Waals surface area contributed by atoms with Crippen LogP contribution < -0.4 is 5.32 Å². The Morgan fingerprint density at radius 2 is 2.26 bits per heavy atom. The Hall–Kier alpha value is -1.94. The molecule has 2 aromatic heterocycles. The largest absolute Gasteiger partial charge is 0.352 e. The highest BCUT2D eigenvalue weighted by molar-refractivity contribution is 6.33. The summed E-state index contributed by atoms with van der Waals surface area (Å²) in [5, 5.41) is 3.24. The highest BCUT2D eigenvalue weighted by Crippen LogP contribution is 2.15. The third-order valence-corrected chi connectivity index (χ3v) is 2.97. The lowest BCUT2D eigenvalue weighted by Gasteiger charge is -2.06. The van der Waals surface area contributed by atoms with Gasteiger partial charge in [-0.2, -0.15) is 0 Å². The Morgan fingerprint density at radius 1 is 1.42 bits per heavy atom. The van der Waals surface area contributed by atoms with Crippen molar-refractivity contribution in [3.8, 4) is 0 Å². The molecule has 0 saturated carbocycles. The van der Waals surface area contributed by atoms with Crippen molar-refractivity contribution in [1.82, 2.24) is 15.3 Å². The van der Waals surface area contributed by atoms with Gasteiger partial charge in [0, 0.05) is 30.8 Å². The summed E-state index contributed by atoms with van der Waals surface area (Å²) in [6, 6.07) is 5.52. The van der Waals surface area contributed by atoms with E-state index in [-0.39, 0.29) is 5.91 Å². The van der Waals surface area contributed by atoms with Crippen LogP contribution in [0, 0.1) is 6.92 Å². The van der Waals surface area contributed by atoms with Crippen LogP contribution in [0.2, 0.25) is 5.02 Å². The molecular weight excluding hydrogens is 262 g/mol. The average Bonchev–Trinajstić information content (AvgIpc) is 2.39. The molecule has 0 fully saturated rings. The van der Waals surface area contributed by atoms with Crippen molar-refractivity contribution in [3.05, 3.63) is 58.6 Å². The molecule has 0 radical (unpaired) electrons. The topological polar surface area (TPSA) is 54.9 Å². The van der Waals surface area contributed by atoms with Gasteiger partial charge in [-0.25, -0.2) is 0 Å². The van der Waals surface area contributed by atoms with E-state index in [2.05, 4.69) is 15.3 Å². The maximum Gasteiger partial charge on any atom is 0.254 e. The van der Waals surface area contributed by atoms with E-state index in [1.54, 1.807) is 18.5 Å². The third-order valence-electron chi connectivity index (χ3n) is 2.66. The third kappa shape index (κ3) is 3.76. The second-order valence-corrected chi connectivity index (χ2v) is 4.58. The first-order chi connectivity index (χ1) is 9.16. The van der Waals surface area contributed by atoms with Gasteiger partial charge in [0.15, 0.2) is 0 Å². The standard InChI is InChI=1S/C14H14ClN3O/c1-10-7-13(15)12(9-18-10)14(19)17-6-4-11-3-2-5-16-8-11/h2-3,5,7-9H,4,6H2,1H3,(H,17,19). The number of pyridine rings is 2. The molecule has 1 amide bonds. The van der Waals surface area contributed by atoms with E-state index in [0.717, 1.165) is 17.7 Å². The van der Waals surface area contributed by atoms with Gasteiger partial charge in [-0.05, 0) is 31.0 Å². The van der Waals surface area contributed by atoms with Crippen LogP contribution in [0.1, 0.15) is 21.6 Å². The number of aromatic nitrogens is 2. The van der Waals surface area contributed by atoms with E-state index in [4.69, 9.17) is 11.6 Å². The molecule has 0 saturated heterocycles. The molecule has 2 heterocycles. The SMILES string of the molecule is Cc1cc(Cl)c(C(=O)NCCc2cccnc2)cn1. The van der Waals surface area contributed by atoms with Crippen LogP contribution >= 0.6 is 11.6 Å². The maximum atomic E-state index is 11.9. The molecular formula is C14H14ClN3O.